The van der Waals surface area contributed by atoms with Gasteiger partial charge in [0.1, 0.15) is 4.99 Å². The maximum Gasteiger partial charge on any atom is 0.305 e. The largest absolute Gasteiger partial charge is 0.466 e. The number of hydrogen-bond acceptors (Lipinski definition) is 5. The van der Waals surface area contributed by atoms with Crippen LogP contribution in [0.5, 0.6) is 0 Å². The van der Waals surface area contributed by atoms with Crippen LogP contribution in [0.4, 0.5) is 4.79 Å². The van der Waals surface area contributed by atoms with Gasteiger partial charge >= 0.3 is 5.97 Å². The Hall–Kier alpha value is -1.66. The van der Waals surface area contributed by atoms with Gasteiger partial charge in [-0.2, -0.15) is 0 Å². The van der Waals surface area contributed by atoms with Crippen molar-refractivity contribution in [2.45, 2.75) is 32.6 Å². The van der Waals surface area contributed by atoms with Crippen LogP contribution in [0.3, 0.4) is 0 Å². The minimum atomic E-state index is -0.214. The maximum atomic E-state index is 12.1. The van der Waals surface area contributed by atoms with Crippen LogP contribution in [-0.4, -0.2) is 34.2 Å². The zero-order valence-electron chi connectivity index (χ0n) is 13.7. The second kappa shape index (κ2) is 9.59. The molecule has 0 atom stereocenters. The highest BCUT2D eigenvalue weighted by Gasteiger charge is 2.31. The number of hydrogen-bond donors (Lipinski definition) is 0. The maximum absolute atomic E-state index is 12.1. The Morgan fingerprint density at radius 3 is 2.75 bits per heavy atom. The Balaban J connectivity index is 1.84. The van der Waals surface area contributed by atoms with Crippen LogP contribution in [0, 0.1) is 0 Å². The molecule has 128 valence electrons. The first-order chi connectivity index (χ1) is 11.6. The number of amides is 1. The molecule has 0 radical (unpaired) electrons. The lowest BCUT2D eigenvalue weighted by Gasteiger charge is -2.14. The molecule has 1 heterocycles. The predicted molar refractivity (Wildman–Crippen MR) is 102 cm³/mol. The van der Waals surface area contributed by atoms with Gasteiger partial charge in [-0.25, -0.2) is 0 Å². The number of rotatable bonds is 8. The molecule has 0 bridgehead atoms. The lowest BCUT2D eigenvalue weighted by atomic mass is 10.2. The summed E-state index contributed by atoms with van der Waals surface area (Å²) in [6.07, 6.45) is 4.65. The van der Waals surface area contributed by atoms with E-state index in [1.54, 1.807) is 4.90 Å². The molecule has 1 aromatic rings. The SMILES string of the molecule is CCCCOC(=O)CCCN1C(=O)S/C(=C/c2ccccc2)C1=S. The number of nitrogens with zero attached hydrogens (tertiary/aromatic N) is 1. The number of unbranched alkanes of at least 4 members (excludes halogenated alkanes) is 1. The van der Waals surface area contributed by atoms with Gasteiger partial charge in [-0.1, -0.05) is 55.9 Å². The Morgan fingerprint density at radius 1 is 1.29 bits per heavy atom. The number of carbonyl (C=O) groups excluding carboxylic acids is 2. The minimum Gasteiger partial charge on any atom is -0.466 e. The van der Waals surface area contributed by atoms with E-state index in [-0.39, 0.29) is 11.2 Å². The molecular formula is C18H21NO3S2. The molecular weight excluding hydrogens is 342 g/mol. The first kappa shape index (κ1) is 18.7. The number of thiocarbonyl (C=S) groups is 1. The number of ether oxygens (including phenoxy) is 1. The Kier molecular flexibility index (Phi) is 7.46. The van der Waals surface area contributed by atoms with Crippen molar-refractivity contribution in [3.63, 3.8) is 0 Å². The second-order valence-corrected chi connectivity index (χ2v) is 6.80. The van der Waals surface area contributed by atoms with E-state index in [9.17, 15) is 9.59 Å². The summed E-state index contributed by atoms with van der Waals surface area (Å²) >= 11 is 6.55. The molecule has 0 N–H and O–H groups in total. The number of benzene rings is 1. The molecule has 0 aliphatic carbocycles. The van der Waals surface area contributed by atoms with E-state index in [0.717, 1.165) is 35.1 Å². The van der Waals surface area contributed by atoms with Gasteiger partial charge in [-0.15, -0.1) is 0 Å². The molecule has 1 aromatic carbocycles. The average molecular weight is 364 g/mol. The molecule has 1 fully saturated rings. The van der Waals surface area contributed by atoms with E-state index in [2.05, 4.69) is 0 Å². The first-order valence-electron chi connectivity index (χ1n) is 8.08. The lowest BCUT2D eigenvalue weighted by Crippen LogP contribution is -2.28. The van der Waals surface area contributed by atoms with Crippen LogP contribution in [-0.2, 0) is 9.53 Å². The van der Waals surface area contributed by atoms with Gasteiger partial charge in [0.05, 0.1) is 11.5 Å². The normalized spacial score (nSPS) is 16.0. The van der Waals surface area contributed by atoms with Crippen LogP contribution in [0.1, 0.15) is 38.2 Å². The quantitative estimate of drug-likeness (QED) is 0.291. The highest BCUT2D eigenvalue weighted by Crippen LogP contribution is 2.33. The summed E-state index contributed by atoms with van der Waals surface area (Å²) < 4.78 is 5.11. The Morgan fingerprint density at radius 2 is 2.04 bits per heavy atom. The third kappa shape index (κ3) is 5.46. The molecule has 0 unspecified atom stereocenters. The molecule has 0 saturated carbocycles. The third-order valence-corrected chi connectivity index (χ3v) is 4.99. The van der Waals surface area contributed by atoms with Crippen molar-refractivity contribution in [1.29, 1.82) is 0 Å². The molecule has 1 aliphatic heterocycles. The van der Waals surface area contributed by atoms with Gasteiger partial charge in [-0.05, 0) is 36.2 Å². The zero-order valence-corrected chi connectivity index (χ0v) is 15.3. The standard InChI is InChI=1S/C18H21NO3S2/c1-2-3-12-22-16(20)10-7-11-19-17(23)15(24-18(19)21)13-14-8-5-4-6-9-14/h4-6,8-9,13H,2-3,7,10-12H2,1H3/b15-13+. The third-order valence-electron chi connectivity index (χ3n) is 3.49. The zero-order chi connectivity index (χ0) is 17.4. The fourth-order valence-corrected chi connectivity index (χ4v) is 3.47. The monoisotopic (exact) mass is 363 g/mol. The topological polar surface area (TPSA) is 46.6 Å². The highest BCUT2D eigenvalue weighted by atomic mass is 32.2. The van der Waals surface area contributed by atoms with E-state index in [4.69, 9.17) is 17.0 Å². The average Bonchev–Trinajstić information content (AvgIpc) is 2.83. The van der Waals surface area contributed by atoms with E-state index in [1.807, 2.05) is 43.3 Å². The minimum absolute atomic E-state index is 0.0819. The highest BCUT2D eigenvalue weighted by molar-refractivity contribution is 8.19. The molecule has 4 nitrogen and oxygen atoms in total. The Bertz CT molecular complexity index is 628. The first-order valence-corrected chi connectivity index (χ1v) is 9.30. The predicted octanol–water partition coefficient (Wildman–Crippen LogP) is 4.65. The van der Waals surface area contributed by atoms with E-state index in [1.165, 1.54) is 0 Å². The summed E-state index contributed by atoms with van der Waals surface area (Å²) in [5.74, 6) is -0.214. The summed E-state index contributed by atoms with van der Waals surface area (Å²) in [6, 6.07) is 9.77. The molecule has 0 aromatic heterocycles. The van der Waals surface area contributed by atoms with Gasteiger partial charge in [0, 0.05) is 13.0 Å². The molecule has 0 spiro atoms. The number of esters is 1. The summed E-state index contributed by atoms with van der Waals surface area (Å²) in [4.78, 5) is 26.6. The van der Waals surface area contributed by atoms with E-state index in [0.29, 0.717) is 31.0 Å². The van der Waals surface area contributed by atoms with Crippen LogP contribution in [0.15, 0.2) is 35.2 Å². The summed E-state index contributed by atoms with van der Waals surface area (Å²) in [5.41, 5.74) is 1.01. The van der Waals surface area contributed by atoms with Crippen molar-refractivity contribution < 1.29 is 14.3 Å². The van der Waals surface area contributed by atoms with Crippen molar-refractivity contribution in [1.82, 2.24) is 4.90 Å². The summed E-state index contributed by atoms with van der Waals surface area (Å²) in [6.45, 7) is 2.96. The van der Waals surface area contributed by atoms with E-state index >= 15 is 0 Å². The molecule has 6 heteroatoms. The lowest BCUT2D eigenvalue weighted by molar-refractivity contribution is -0.143. The summed E-state index contributed by atoms with van der Waals surface area (Å²) in [7, 11) is 0. The van der Waals surface area contributed by atoms with Crippen LogP contribution in [0.2, 0.25) is 0 Å². The molecule has 24 heavy (non-hydrogen) atoms. The molecule has 2 rings (SSSR count). The molecule has 1 aliphatic rings. The van der Waals surface area contributed by atoms with Gasteiger partial charge in [0.15, 0.2) is 0 Å². The van der Waals surface area contributed by atoms with Crippen molar-refractivity contribution in [2.75, 3.05) is 13.2 Å². The van der Waals surface area contributed by atoms with Gasteiger partial charge in [0.2, 0.25) is 0 Å². The smallest absolute Gasteiger partial charge is 0.305 e. The molecule has 1 saturated heterocycles. The van der Waals surface area contributed by atoms with E-state index < -0.39 is 0 Å². The van der Waals surface area contributed by atoms with Crippen molar-refractivity contribution >= 4 is 46.3 Å². The van der Waals surface area contributed by atoms with Crippen LogP contribution in [0.25, 0.3) is 6.08 Å². The van der Waals surface area contributed by atoms with Gasteiger partial charge in [-0.3, -0.25) is 14.5 Å². The fraction of sp³-hybridized carbons (Fsp3) is 0.389. The van der Waals surface area contributed by atoms with Crippen molar-refractivity contribution in [3.8, 4) is 0 Å². The van der Waals surface area contributed by atoms with Gasteiger partial charge < -0.3 is 4.74 Å². The summed E-state index contributed by atoms with van der Waals surface area (Å²) in [5, 5.41) is -0.0819. The Labute approximate surface area is 152 Å². The number of carbonyl (C=O) groups is 2. The molecule has 1 amide bonds. The van der Waals surface area contributed by atoms with Crippen molar-refractivity contribution in [2.24, 2.45) is 0 Å². The second-order valence-electron chi connectivity index (χ2n) is 5.42. The number of thioether (sulfide) groups is 1. The van der Waals surface area contributed by atoms with Gasteiger partial charge in [0.25, 0.3) is 5.24 Å². The fourth-order valence-electron chi connectivity index (χ4n) is 2.18. The van der Waals surface area contributed by atoms with Crippen LogP contribution < -0.4 is 0 Å². The van der Waals surface area contributed by atoms with Crippen LogP contribution >= 0.6 is 24.0 Å². The van der Waals surface area contributed by atoms with Crippen molar-refractivity contribution in [3.05, 3.63) is 40.8 Å².